The molecule has 0 radical (unpaired) electrons. The van der Waals surface area contributed by atoms with Gasteiger partial charge in [0.25, 0.3) is 0 Å². The molecule has 2 atom stereocenters. The van der Waals surface area contributed by atoms with Crippen molar-refractivity contribution in [1.29, 1.82) is 0 Å². The molecule has 8 nitrogen and oxygen atoms in total. The molecule has 0 heterocycles. The molecule has 0 saturated carbocycles. The lowest BCUT2D eigenvalue weighted by atomic mass is 10.1. The van der Waals surface area contributed by atoms with Crippen LogP contribution in [0.15, 0.2) is 24.3 Å². The highest BCUT2D eigenvalue weighted by Gasteiger charge is 2.28. The SMILES string of the molecule is CO[C@@H](Cc1ccc(F)cc1)C(=O)N[C@@H](CCC(=O)C=[N+]=[N-])C(=O)OC(C)C. The van der Waals surface area contributed by atoms with Gasteiger partial charge in [0.05, 0.1) is 6.10 Å². The molecule has 0 aliphatic heterocycles. The number of rotatable bonds is 11. The van der Waals surface area contributed by atoms with E-state index in [0.29, 0.717) is 5.56 Å². The number of benzene rings is 1. The molecule has 0 aliphatic rings. The van der Waals surface area contributed by atoms with E-state index in [1.165, 1.54) is 31.4 Å². The van der Waals surface area contributed by atoms with Crippen LogP contribution in [-0.4, -0.2) is 54.0 Å². The fraction of sp³-hybridized carbons (Fsp3) is 0.474. The first-order chi connectivity index (χ1) is 13.3. The number of hydrogen-bond acceptors (Lipinski definition) is 5. The van der Waals surface area contributed by atoms with Crippen molar-refractivity contribution in [2.24, 2.45) is 0 Å². The minimum atomic E-state index is -1.07. The van der Waals surface area contributed by atoms with Gasteiger partial charge in [0.15, 0.2) is 0 Å². The molecule has 0 unspecified atom stereocenters. The van der Waals surface area contributed by atoms with Gasteiger partial charge >= 0.3 is 12.2 Å². The lowest BCUT2D eigenvalue weighted by Crippen LogP contribution is -2.48. The summed E-state index contributed by atoms with van der Waals surface area (Å²) in [4.78, 5) is 38.9. The summed E-state index contributed by atoms with van der Waals surface area (Å²) in [6, 6.07) is 4.54. The van der Waals surface area contributed by atoms with Gasteiger partial charge < -0.3 is 20.3 Å². The Kier molecular flexibility index (Phi) is 9.70. The summed E-state index contributed by atoms with van der Waals surface area (Å²) in [7, 11) is 1.34. The van der Waals surface area contributed by atoms with Crippen LogP contribution in [0.25, 0.3) is 5.53 Å². The molecular formula is C19H24FN3O5. The van der Waals surface area contributed by atoms with Crippen LogP contribution in [0.4, 0.5) is 4.39 Å². The molecular weight excluding hydrogens is 369 g/mol. The third-order valence-electron chi connectivity index (χ3n) is 3.75. The highest BCUT2D eigenvalue weighted by molar-refractivity contribution is 6.25. The third kappa shape index (κ3) is 8.20. The van der Waals surface area contributed by atoms with E-state index in [1.54, 1.807) is 13.8 Å². The Bertz CT molecular complexity index is 730. The number of hydrogen-bond donors (Lipinski definition) is 1. The van der Waals surface area contributed by atoms with Crippen molar-refractivity contribution in [2.45, 2.75) is 51.4 Å². The number of nitrogens with one attached hydrogen (secondary N) is 1. The normalized spacial score (nSPS) is 12.6. The molecule has 0 saturated heterocycles. The van der Waals surface area contributed by atoms with Crippen molar-refractivity contribution < 1.29 is 33.0 Å². The Morgan fingerprint density at radius 1 is 1.25 bits per heavy atom. The Morgan fingerprint density at radius 2 is 1.89 bits per heavy atom. The largest absolute Gasteiger partial charge is 0.461 e. The molecule has 1 aromatic carbocycles. The summed E-state index contributed by atoms with van der Waals surface area (Å²) >= 11 is 0. The second-order valence-corrected chi connectivity index (χ2v) is 6.35. The van der Waals surface area contributed by atoms with E-state index in [0.717, 1.165) is 6.21 Å². The van der Waals surface area contributed by atoms with Gasteiger partial charge in [-0.1, -0.05) is 12.1 Å². The number of carbonyl (C=O) groups is 3. The number of ether oxygens (including phenoxy) is 2. The molecule has 1 aromatic rings. The van der Waals surface area contributed by atoms with Crippen molar-refractivity contribution in [3.05, 3.63) is 41.2 Å². The van der Waals surface area contributed by atoms with E-state index >= 15 is 0 Å². The smallest absolute Gasteiger partial charge is 0.328 e. The third-order valence-corrected chi connectivity index (χ3v) is 3.75. The van der Waals surface area contributed by atoms with Gasteiger partial charge in [-0.3, -0.25) is 9.59 Å². The number of methoxy groups -OCH3 is 1. The number of amides is 1. The summed E-state index contributed by atoms with van der Waals surface area (Å²) in [5, 5.41) is 2.53. The van der Waals surface area contributed by atoms with Crippen LogP contribution in [0.3, 0.4) is 0 Å². The van der Waals surface area contributed by atoms with Crippen molar-refractivity contribution >= 4 is 23.9 Å². The fourth-order valence-electron chi connectivity index (χ4n) is 2.36. The van der Waals surface area contributed by atoms with Gasteiger partial charge in [0.1, 0.15) is 18.0 Å². The summed E-state index contributed by atoms with van der Waals surface area (Å²) < 4.78 is 23.3. The first-order valence-corrected chi connectivity index (χ1v) is 8.75. The van der Waals surface area contributed by atoms with Gasteiger partial charge in [0.2, 0.25) is 11.7 Å². The predicted octanol–water partition coefficient (Wildman–Crippen LogP) is 1.47. The topological polar surface area (TPSA) is 118 Å². The first-order valence-electron chi connectivity index (χ1n) is 8.75. The van der Waals surface area contributed by atoms with E-state index < -0.39 is 41.7 Å². The fourth-order valence-corrected chi connectivity index (χ4v) is 2.36. The van der Waals surface area contributed by atoms with Crippen LogP contribution in [0.1, 0.15) is 32.3 Å². The maximum Gasteiger partial charge on any atom is 0.328 e. The van der Waals surface area contributed by atoms with E-state index in [2.05, 4.69) is 10.1 Å². The zero-order valence-electron chi connectivity index (χ0n) is 16.1. The van der Waals surface area contributed by atoms with E-state index in [4.69, 9.17) is 15.0 Å². The molecule has 152 valence electrons. The number of Topliss-reactive ketones (excluding diaryl/α,β-unsaturated/α-hetero) is 1. The average molecular weight is 393 g/mol. The molecule has 0 aliphatic carbocycles. The number of halogens is 1. The lowest BCUT2D eigenvalue weighted by Gasteiger charge is -2.22. The highest BCUT2D eigenvalue weighted by atomic mass is 19.1. The molecule has 1 amide bonds. The van der Waals surface area contributed by atoms with Crippen LogP contribution >= 0.6 is 0 Å². The first kappa shape index (κ1) is 23.1. The van der Waals surface area contributed by atoms with E-state index in [1.807, 2.05) is 0 Å². The second kappa shape index (κ2) is 11.7. The number of nitrogens with zero attached hydrogens (tertiary/aromatic N) is 2. The van der Waals surface area contributed by atoms with Gasteiger partial charge in [-0.2, -0.15) is 4.79 Å². The monoisotopic (exact) mass is 393 g/mol. The van der Waals surface area contributed by atoms with E-state index in [-0.39, 0.29) is 19.3 Å². The standard InChI is InChI=1S/C19H24FN3O5/c1-12(2)28-19(26)16(9-8-15(24)11-22-21)23-18(25)17(27-3)10-13-4-6-14(20)7-5-13/h4-7,11-12,16-17H,8-10H2,1-3H3,(H,23,25)/t16-,17-/m0/s1. The molecule has 1 N–H and O–H groups in total. The van der Waals surface area contributed by atoms with Crippen LogP contribution in [0, 0.1) is 5.82 Å². The number of ketones is 1. The maximum atomic E-state index is 13.0. The van der Waals surface area contributed by atoms with Gasteiger partial charge in [-0.25, -0.2) is 9.18 Å². The predicted molar refractivity (Wildman–Crippen MR) is 98.0 cm³/mol. The van der Waals surface area contributed by atoms with Crippen molar-refractivity contribution in [3.63, 3.8) is 0 Å². The lowest BCUT2D eigenvalue weighted by molar-refractivity contribution is -0.152. The van der Waals surface area contributed by atoms with Gasteiger partial charge in [0, 0.05) is 20.0 Å². The van der Waals surface area contributed by atoms with E-state index in [9.17, 15) is 18.8 Å². The summed E-state index contributed by atoms with van der Waals surface area (Å²) in [5.74, 6) is -2.15. The van der Waals surface area contributed by atoms with Gasteiger partial charge in [-0.15, -0.1) is 0 Å². The summed E-state index contributed by atoms with van der Waals surface area (Å²) in [6.45, 7) is 3.32. The average Bonchev–Trinajstić information content (AvgIpc) is 2.64. The number of carbonyl (C=O) groups excluding carboxylic acids is 3. The molecule has 0 fully saturated rings. The Labute approximate surface area is 162 Å². The summed E-state index contributed by atoms with van der Waals surface area (Å²) in [6.07, 6.45) is -0.593. The molecule has 0 aromatic heterocycles. The maximum absolute atomic E-state index is 13.0. The molecule has 28 heavy (non-hydrogen) atoms. The van der Waals surface area contributed by atoms with Crippen molar-refractivity contribution in [1.82, 2.24) is 5.32 Å². The molecule has 0 bridgehead atoms. The Balaban J connectivity index is 2.82. The zero-order chi connectivity index (χ0) is 21.1. The van der Waals surface area contributed by atoms with Crippen molar-refractivity contribution in [3.8, 4) is 0 Å². The Hall–Kier alpha value is -2.90. The van der Waals surface area contributed by atoms with Crippen LogP contribution in [0.5, 0.6) is 0 Å². The quantitative estimate of drug-likeness (QED) is 0.264. The highest BCUT2D eigenvalue weighted by Crippen LogP contribution is 2.10. The van der Waals surface area contributed by atoms with Crippen LogP contribution < -0.4 is 5.32 Å². The van der Waals surface area contributed by atoms with Crippen LogP contribution in [0.2, 0.25) is 0 Å². The minimum absolute atomic E-state index is 0.0326. The molecule has 1 rings (SSSR count). The molecule has 9 heteroatoms. The zero-order valence-corrected chi connectivity index (χ0v) is 16.1. The van der Waals surface area contributed by atoms with Crippen molar-refractivity contribution in [2.75, 3.05) is 7.11 Å². The number of esters is 1. The molecule has 0 spiro atoms. The van der Waals surface area contributed by atoms with Crippen LogP contribution in [-0.2, 0) is 30.3 Å². The second-order valence-electron chi connectivity index (χ2n) is 6.35. The Morgan fingerprint density at radius 3 is 2.43 bits per heavy atom. The minimum Gasteiger partial charge on any atom is -0.461 e. The summed E-state index contributed by atoms with van der Waals surface area (Å²) in [5.41, 5.74) is 9.06. The van der Waals surface area contributed by atoms with Gasteiger partial charge in [-0.05, 0) is 38.0 Å².